The lowest BCUT2D eigenvalue weighted by Gasteiger charge is -2.47. The molecule has 0 aliphatic carbocycles. The molecule has 72 valence electrons. The molecule has 0 bridgehead atoms. The van der Waals surface area contributed by atoms with Crippen molar-refractivity contribution in [2.45, 2.75) is 47.0 Å². The summed E-state index contributed by atoms with van der Waals surface area (Å²) in [5.74, 6) is 0. The molecule has 0 aromatic carbocycles. The van der Waals surface area contributed by atoms with Crippen LogP contribution in [0.5, 0.6) is 0 Å². The number of rotatable bonds is 2. The quantitative estimate of drug-likeness (QED) is 0.670. The van der Waals surface area contributed by atoms with Gasteiger partial charge in [0.05, 0.1) is 0 Å². The van der Waals surface area contributed by atoms with E-state index in [4.69, 9.17) is 0 Å². The van der Waals surface area contributed by atoms with E-state index < -0.39 is 0 Å². The van der Waals surface area contributed by atoms with E-state index in [1.165, 1.54) is 32.4 Å². The highest BCUT2D eigenvalue weighted by atomic mass is 14.9. The van der Waals surface area contributed by atoms with Crippen molar-refractivity contribution in [2.24, 2.45) is 10.8 Å². The molecular weight excluding hydrogens is 146 g/mol. The van der Waals surface area contributed by atoms with Gasteiger partial charge in [0, 0.05) is 0 Å². The van der Waals surface area contributed by atoms with E-state index in [-0.39, 0.29) is 0 Å². The number of hydrogen-bond donors (Lipinski definition) is 1. The molecule has 1 nitrogen and oxygen atoms in total. The van der Waals surface area contributed by atoms with E-state index in [1.54, 1.807) is 0 Å². The molecule has 0 radical (unpaired) electrons. The average Bonchev–Trinajstić information content (AvgIpc) is 2.06. The molecule has 1 fully saturated rings. The molecule has 1 heterocycles. The van der Waals surface area contributed by atoms with Crippen LogP contribution in [0.2, 0.25) is 0 Å². The Balaban J connectivity index is 2.68. The summed E-state index contributed by atoms with van der Waals surface area (Å²) in [6.07, 6.45) is 3.98. The number of nitrogens with one attached hydrogen (secondary N) is 1. The van der Waals surface area contributed by atoms with Crippen molar-refractivity contribution in [3.05, 3.63) is 0 Å². The smallest absolute Gasteiger partial charge is 0.00435 e. The van der Waals surface area contributed by atoms with Gasteiger partial charge in [-0.3, -0.25) is 0 Å². The summed E-state index contributed by atoms with van der Waals surface area (Å²) in [4.78, 5) is 0. The van der Waals surface area contributed by atoms with E-state index in [0.29, 0.717) is 10.8 Å². The largest absolute Gasteiger partial charge is 0.317 e. The molecular formula is C11H23N. The van der Waals surface area contributed by atoms with Gasteiger partial charge in [0.25, 0.3) is 0 Å². The first-order valence-corrected chi connectivity index (χ1v) is 5.22. The molecule has 0 amide bonds. The van der Waals surface area contributed by atoms with E-state index in [9.17, 15) is 0 Å². The minimum atomic E-state index is 0.509. The summed E-state index contributed by atoms with van der Waals surface area (Å²) in [5.41, 5.74) is 1.07. The van der Waals surface area contributed by atoms with Crippen molar-refractivity contribution < 1.29 is 0 Å². The van der Waals surface area contributed by atoms with Gasteiger partial charge in [0.15, 0.2) is 0 Å². The van der Waals surface area contributed by atoms with Gasteiger partial charge in [-0.05, 0) is 36.8 Å². The van der Waals surface area contributed by atoms with Crippen LogP contribution in [0.3, 0.4) is 0 Å². The maximum Gasteiger partial charge on any atom is -0.00435 e. The van der Waals surface area contributed by atoms with E-state index in [1.807, 2.05) is 0 Å². The molecule has 0 atom stereocenters. The summed E-state index contributed by atoms with van der Waals surface area (Å²) < 4.78 is 0. The Morgan fingerprint density at radius 3 is 2.17 bits per heavy atom. The second-order valence-electron chi connectivity index (χ2n) is 5.05. The zero-order chi connectivity index (χ0) is 9.24. The Morgan fingerprint density at radius 1 is 1.25 bits per heavy atom. The van der Waals surface area contributed by atoms with Crippen molar-refractivity contribution in [3.8, 4) is 0 Å². The lowest BCUT2D eigenvalue weighted by Crippen LogP contribution is -2.43. The van der Waals surface area contributed by atoms with Crippen molar-refractivity contribution in [1.29, 1.82) is 0 Å². The standard InChI is InChI=1S/C11H23N/c1-5-10(2,3)11(4)6-8-12-9-7-11/h12H,5-9H2,1-4H3. The molecule has 0 spiro atoms. The molecule has 0 aromatic rings. The molecule has 12 heavy (non-hydrogen) atoms. The molecule has 0 saturated carbocycles. The topological polar surface area (TPSA) is 12.0 Å². The van der Waals surface area contributed by atoms with Gasteiger partial charge in [0.1, 0.15) is 0 Å². The number of hydrogen-bond acceptors (Lipinski definition) is 1. The second kappa shape index (κ2) is 3.37. The third kappa shape index (κ3) is 1.66. The van der Waals surface area contributed by atoms with Gasteiger partial charge in [0.2, 0.25) is 0 Å². The molecule has 1 heteroatoms. The summed E-state index contributed by atoms with van der Waals surface area (Å²) >= 11 is 0. The Hall–Kier alpha value is -0.0400. The van der Waals surface area contributed by atoms with Crippen LogP contribution >= 0.6 is 0 Å². The van der Waals surface area contributed by atoms with Crippen LogP contribution in [0.1, 0.15) is 47.0 Å². The predicted octanol–water partition coefficient (Wildman–Crippen LogP) is 2.81. The average molecular weight is 169 g/mol. The predicted molar refractivity (Wildman–Crippen MR) is 54.3 cm³/mol. The van der Waals surface area contributed by atoms with Crippen LogP contribution in [-0.2, 0) is 0 Å². The molecule has 1 aliphatic rings. The maximum atomic E-state index is 3.44. The van der Waals surface area contributed by atoms with E-state index in [0.717, 1.165) is 0 Å². The zero-order valence-electron chi connectivity index (χ0n) is 9.04. The van der Waals surface area contributed by atoms with Gasteiger partial charge in [-0.25, -0.2) is 0 Å². The van der Waals surface area contributed by atoms with Gasteiger partial charge >= 0.3 is 0 Å². The zero-order valence-corrected chi connectivity index (χ0v) is 9.04. The van der Waals surface area contributed by atoms with Gasteiger partial charge in [-0.1, -0.05) is 34.1 Å². The lowest BCUT2D eigenvalue weighted by atomic mass is 9.61. The molecule has 0 unspecified atom stereocenters. The third-order valence-corrected chi connectivity index (χ3v) is 4.22. The van der Waals surface area contributed by atoms with Crippen molar-refractivity contribution >= 4 is 0 Å². The molecule has 1 N–H and O–H groups in total. The highest BCUT2D eigenvalue weighted by molar-refractivity contribution is 4.91. The Bertz CT molecular complexity index is 143. The van der Waals surface area contributed by atoms with Crippen LogP contribution < -0.4 is 5.32 Å². The summed E-state index contributed by atoms with van der Waals surface area (Å²) in [6.45, 7) is 12.0. The van der Waals surface area contributed by atoms with Gasteiger partial charge in [-0.15, -0.1) is 0 Å². The Morgan fingerprint density at radius 2 is 1.75 bits per heavy atom. The fourth-order valence-corrected chi connectivity index (χ4v) is 2.08. The fraction of sp³-hybridized carbons (Fsp3) is 1.00. The normalized spacial score (nSPS) is 24.0. The van der Waals surface area contributed by atoms with Crippen molar-refractivity contribution in [3.63, 3.8) is 0 Å². The molecule has 1 saturated heterocycles. The van der Waals surface area contributed by atoms with Gasteiger partial charge in [-0.2, -0.15) is 0 Å². The second-order valence-corrected chi connectivity index (χ2v) is 5.05. The molecule has 1 rings (SSSR count). The third-order valence-electron chi connectivity index (χ3n) is 4.22. The lowest BCUT2D eigenvalue weighted by molar-refractivity contribution is 0.0477. The molecule has 1 aliphatic heterocycles. The first-order chi connectivity index (χ1) is 5.52. The Labute approximate surface area is 76.9 Å². The highest BCUT2D eigenvalue weighted by Gasteiger charge is 2.39. The summed E-state index contributed by atoms with van der Waals surface area (Å²) in [6, 6.07) is 0. The van der Waals surface area contributed by atoms with Crippen molar-refractivity contribution in [2.75, 3.05) is 13.1 Å². The van der Waals surface area contributed by atoms with Gasteiger partial charge < -0.3 is 5.32 Å². The van der Waals surface area contributed by atoms with E-state index >= 15 is 0 Å². The van der Waals surface area contributed by atoms with Crippen LogP contribution in [0, 0.1) is 10.8 Å². The molecule has 0 aromatic heterocycles. The van der Waals surface area contributed by atoms with Crippen LogP contribution in [0.15, 0.2) is 0 Å². The van der Waals surface area contributed by atoms with Crippen LogP contribution in [-0.4, -0.2) is 13.1 Å². The van der Waals surface area contributed by atoms with Crippen molar-refractivity contribution in [1.82, 2.24) is 5.32 Å². The van der Waals surface area contributed by atoms with Crippen LogP contribution in [0.4, 0.5) is 0 Å². The summed E-state index contributed by atoms with van der Waals surface area (Å²) in [7, 11) is 0. The minimum Gasteiger partial charge on any atom is -0.317 e. The maximum absolute atomic E-state index is 3.44. The number of piperidine rings is 1. The Kier molecular flexibility index (Phi) is 2.82. The fourth-order valence-electron chi connectivity index (χ4n) is 2.08. The highest BCUT2D eigenvalue weighted by Crippen LogP contribution is 2.47. The monoisotopic (exact) mass is 169 g/mol. The minimum absolute atomic E-state index is 0.509. The van der Waals surface area contributed by atoms with Crippen LogP contribution in [0.25, 0.3) is 0 Å². The first-order valence-electron chi connectivity index (χ1n) is 5.22. The first kappa shape index (κ1) is 10.0. The van der Waals surface area contributed by atoms with E-state index in [2.05, 4.69) is 33.0 Å². The SMILES string of the molecule is CCC(C)(C)C1(C)CCNCC1. The summed E-state index contributed by atoms with van der Waals surface area (Å²) in [5, 5.41) is 3.44.